The minimum Gasteiger partial charge on any atom is -0.344 e. The monoisotopic (exact) mass is 402 g/mol. The lowest BCUT2D eigenvalue weighted by Crippen LogP contribution is -2.37. The molecule has 2 rings (SSSR count). The van der Waals surface area contributed by atoms with E-state index in [-0.39, 0.29) is 6.54 Å². The van der Waals surface area contributed by atoms with Crippen LogP contribution in [0, 0.1) is 13.8 Å². The lowest BCUT2D eigenvalue weighted by atomic mass is 10.2. The summed E-state index contributed by atoms with van der Waals surface area (Å²) in [6, 6.07) is 9.93. The second-order valence-corrected chi connectivity index (χ2v) is 6.26. The van der Waals surface area contributed by atoms with Crippen molar-refractivity contribution in [1.29, 1.82) is 0 Å². The summed E-state index contributed by atoms with van der Waals surface area (Å²) in [5.74, 6) is -1.57. The second-order valence-electron chi connectivity index (χ2n) is 5.34. The van der Waals surface area contributed by atoms with Crippen molar-refractivity contribution in [3.8, 4) is 5.69 Å². The Balaban J connectivity index is 2.14. The molecule has 1 heterocycles. The number of hydrogen-bond donors (Lipinski definition) is 2. The van der Waals surface area contributed by atoms with Crippen LogP contribution < -0.4 is 10.7 Å². The van der Waals surface area contributed by atoms with Gasteiger partial charge in [-0.15, -0.1) is 6.58 Å². The van der Waals surface area contributed by atoms with Crippen molar-refractivity contribution in [2.75, 3.05) is 6.54 Å². The number of halogens is 1. The van der Waals surface area contributed by atoms with E-state index in [1.165, 1.54) is 12.3 Å². The Labute approximate surface area is 154 Å². The van der Waals surface area contributed by atoms with E-state index in [2.05, 4.69) is 42.9 Å². The molecule has 0 aliphatic carbocycles. The molecule has 0 saturated heterocycles. The summed E-state index contributed by atoms with van der Waals surface area (Å²) >= 11 is 3.47. The largest absolute Gasteiger partial charge is 0.344 e. The van der Waals surface area contributed by atoms with Crippen molar-refractivity contribution >= 4 is 34.0 Å². The first-order valence-corrected chi connectivity index (χ1v) is 8.40. The van der Waals surface area contributed by atoms with E-state index in [1.54, 1.807) is 0 Å². The lowest BCUT2D eigenvalue weighted by Gasteiger charge is -2.09. The zero-order valence-electron chi connectivity index (χ0n) is 14.0. The number of amides is 2. The Kier molecular flexibility index (Phi) is 6.30. The van der Waals surface area contributed by atoms with Gasteiger partial charge in [0.2, 0.25) is 0 Å². The van der Waals surface area contributed by atoms with Crippen LogP contribution in [0.4, 0.5) is 0 Å². The summed E-state index contributed by atoms with van der Waals surface area (Å²) in [4.78, 5) is 23.0. The van der Waals surface area contributed by atoms with Gasteiger partial charge in [0.1, 0.15) is 0 Å². The third-order valence-electron chi connectivity index (χ3n) is 3.52. The zero-order valence-corrected chi connectivity index (χ0v) is 15.6. The van der Waals surface area contributed by atoms with Crippen LogP contribution >= 0.6 is 15.9 Å². The fraction of sp³-hybridized carbons (Fsp3) is 0.167. The van der Waals surface area contributed by atoms with Crippen molar-refractivity contribution in [2.24, 2.45) is 5.10 Å². The highest BCUT2D eigenvalue weighted by Gasteiger charge is 2.12. The summed E-state index contributed by atoms with van der Waals surface area (Å²) < 4.78 is 3.08. The van der Waals surface area contributed by atoms with Gasteiger partial charge in [0, 0.05) is 33.7 Å². The quantitative estimate of drug-likeness (QED) is 0.349. The van der Waals surface area contributed by atoms with Gasteiger partial charge in [-0.25, -0.2) is 5.43 Å². The molecule has 0 saturated carbocycles. The fourth-order valence-electron chi connectivity index (χ4n) is 2.39. The van der Waals surface area contributed by atoms with Crippen molar-refractivity contribution in [2.45, 2.75) is 13.8 Å². The normalized spacial score (nSPS) is 10.7. The molecule has 0 radical (unpaired) electrons. The Morgan fingerprint density at radius 1 is 1.28 bits per heavy atom. The van der Waals surface area contributed by atoms with Gasteiger partial charge in [-0.1, -0.05) is 28.1 Å². The zero-order chi connectivity index (χ0) is 18.4. The number of nitrogens with one attached hydrogen (secondary N) is 2. The van der Waals surface area contributed by atoms with Gasteiger partial charge >= 0.3 is 11.8 Å². The Morgan fingerprint density at radius 3 is 2.72 bits per heavy atom. The van der Waals surface area contributed by atoms with Crippen LogP contribution in [0.3, 0.4) is 0 Å². The topological polar surface area (TPSA) is 75.5 Å². The Bertz CT molecular complexity index is 840. The maximum Gasteiger partial charge on any atom is 0.329 e. The van der Waals surface area contributed by atoms with Gasteiger partial charge < -0.3 is 9.88 Å². The van der Waals surface area contributed by atoms with Crippen LogP contribution in [-0.4, -0.2) is 29.1 Å². The minimum atomic E-state index is -0.820. The number of nitrogens with zero attached hydrogens (tertiary/aromatic N) is 2. The molecule has 0 aliphatic rings. The highest BCUT2D eigenvalue weighted by Crippen LogP contribution is 2.22. The number of aryl methyl sites for hydroxylation is 1. The Hall–Kier alpha value is -2.67. The third-order valence-corrected chi connectivity index (χ3v) is 4.01. The summed E-state index contributed by atoms with van der Waals surface area (Å²) in [7, 11) is 0. The summed E-state index contributed by atoms with van der Waals surface area (Å²) in [5.41, 5.74) is 6.10. The van der Waals surface area contributed by atoms with E-state index in [0.29, 0.717) is 0 Å². The molecule has 0 atom stereocenters. The Morgan fingerprint density at radius 2 is 2.04 bits per heavy atom. The standard InChI is InChI=1S/C18H19BrN4O2/c1-4-8-20-17(24)18(25)22-21-11-14-9-12(2)23(13(14)3)16-7-5-6-15(19)10-16/h4-7,9-11H,1,8H2,2-3H3,(H,20,24)(H,22,25)/b21-11-. The van der Waals surface area contributed by atoms with Gasteiger partial charge in [-0.3, -0.25) is 9.59 Å². The molecular weight excluding hydrogens is 384 g/mol. The SMILES string of the molecule is C=CCNC(=O)C(=O)N/N=C\c1cc(C)n(-c2cccc(Br)c2)c1C. The van der Waals surface area contributed by atoms with Crippen LogP contribution in [0.5, 0.6) is 0 Å². The molecule has 1 aromatic heterocycles. The fourth-order valence-corrected chi connectivity index (χ4v) is 2.77. The van der Waals surface area contributed by atoms with Crippen LogP contribution in [-0.2, 0) is 9.59 Å². The van der Waals surface area contributed by atoms with E-state index in [4.69, 9.17) is 0 Å². The number of aromatic nitrogens is 1. The van der Waals surface area contributed by atoms with Gasteiger partial charge in [0.05, 0.1) is 6.21 Å². The number of hydrazone groups is 1. The molecule has 0 spiro atoms. The minimum absolute atomic E-state index is 0.226. The third kappa shape index (κ3) is 4.67. The molecule has 1 aromatic carbocycles. The van der Waals surface area contributed by atoms with Gasteiger partial charge in [0.15, 0.2) is 0 Å². The first kappa shape index (κ1) is 18.7. The van der Waals surface area contributed by atoms with E-state index in [9.17, 15) is 9.59 Å². The number of benzene rings is 1. The lowest BCUT2D eigenvalue weighted by molar-refractivity contribution is -0.139. The van der Waals surface area contributed by atoms with Crippen LogP contribution in [0.1, 0.15) is 17.0 Å². The molecule has 2 amide bonds. The van der Waals surface area contributed by atoms with Crippen LogP contribution in [0.2, 0.25) is 0 Å². The van der Waals surface area contributed by atoms with E-state index in [0.717, 1.165) is 27.1 Å². The molecule has 0 fully saturated rings. The van der Waals surface area contributed by atoms with E-state index in [1.807, 2.05) is 44.2 Å². The number of carbonyl (C=O) groups excluding carboxylic acids is 2. The molecule has 2 N–H and O–H groups in total. The summed E-state index contributed by atoms with van der Waals surface area (Å²) in [6.07, 6.45) is 3.01. The highest BCUT2D eigenvalue weighted by atomic mass is 79.9. The maximum atomic E-state index is 11.6. The van der Waals surface area contributed by atoms with E-state index >= 15 is 0 Å². The van der Waals surface area contributed by atoms with Crippen molar-refractivity contribution in [3.05, 3.63) is 64.4 Å². The molecule has 130 valence electrons. The summed E-state index contributed by atoms with van der Waals surface area (Å²) in [6.45, 7) is 7.65. The maximum absolute atomic E-state index is 11.6. The number of carbonyl (C=O) groups is 2. The van der Waals surface area contributed by atoms with Gasteiger partial charge in [0.25, 0.3) is 0 Å². The average Bonchev–Trinajstić information content (AvgIpc) is 2.86. The molecule has 0 unspecified atom stereocenters. The molecule has 25 heavy (non-hydrogen) atoms. The molecular formula is C18H19BrN4O2. The van der Waals surface area contributed by atoms with Crippen LogP contribution in [0.15, 0.2) is 52.6 Å². The van der Waals surface area contributed by atoms with Crippen molar-refractivity contribution in [1.82, 2.24) is 15.3 Å². The molecule has 0 bridgehead atoms. The van der Waals surface area contributed by atoms with E-state index < -0.39 is 11.8 Å². The predicted octanol–water partition coefficient (Wildman–Crippen LogP) is 2.61. The van der Waals surface area contributed by atoms with Gasteiger partial charge in [-0.2, -0.15) is 5.10 Å². The molecule has 0 aliphatic heterocycles. The highest BCUT2D eigenvalue weighted by molar-refractivity contribution is 9.10. The number of hydrogen-bond acceptors (Lipinski definition) is 3. The van der Waals surface area contributed by atoms with Crippen molar-refractivity contribution < 1.29 is 9.59 Å². The molecule has 7 heteroatoms. The van der Waals surface area contributed by atoms with Crippen molar-refractivity contribution in [3.63, 3.8) is 0 Å². The number of rotatable bonds is 5. The molecule has 2 aromatic rings. The summed E-state index contributed by atoms with van der Waals surface area (Å²) in [5, 5.41) is 6.24. The second kappa shape index (κ2) is 8.43. The van der Waals surface area contributed by atoms with Gasteiger partial charge in [-0.05, 0) is 38.1 Å². The molecule has 6 nitrogen and oxygen atoms in total. The average molecular weight is 403 g/mol. The predicted molar refractivity (Wildman–Crippen MR) is 102 cm³/mol. The first-order chi connectivity index (χ1) is 11.9. The first-order valence-electron chi connectivity index (χ1n) is 7.61. The van der Waals surface area contributed by atoms with Crippen LogP contribution in [0.25, 0.3) is 5.69 Å². The smallest absolute Gasteiger partial charge is 0.329 e.